The Kier molecular flexibility index (Phi) is 7.06. The highest BCUT2D eigenvalue weighted by Crippen LogP contribution is 2.56. The lowest BCUT2D eigenvalue weighted by Crippen LogP contribution is -2.41. The highest BCUT2D eigenvalue weighted by atomic mass is 79.9. The molecule has 0 saturated carbocycles. The van der Waals surface area contributed by atoms with Gasteiger partial charge in [-0.3, -0.25) is 9.78 Å². The van der Waals surface area contributed by atoms with Gasteiger partial charge in [-0.2, -0.15) is 0 Å². The second-order valence-electron chi connectivity index (χ2n) is 12.4. The number of benzene rings is 1. The number of ether oxygens (including phenoxy) is 2. The maximum atomic E-state index is 11.8. The van der Waals surface area contributed by atoms with Crippen molar-refractivity contribution < 1.29 is 23.6 Å². The van der Waals surface area contributed by atoms with Gasteiger partial charge in [0, 0.05) is 64.5 Å². The largest absolute Gasteiger partial charge is 0.496 e. The van der Waals surface area contributed by atoms with Gasteiger partial charge in [-0.1, -0.05) is 29.8 Å². The number of carbonyl (C=O) groups is 1. The maximum absolute atomic E-state index is 11.8. The number of rotatable bonds is 6. The summed E-state index contributed by atoms with van der Waals surface area (Å²) in [5, 5.41) is 1.15. The van der Waals surface area contributed by atoms with Crippen LogP contribution >= 0.6 is 15.9 Å². The van der Waals surface area contributed by atoms with Crippen LogP contribution < -0.4 is 5.46 Å². The molecule has 0 radical (unpaired) electrons. The molecule has 2 aromatic heterocycles. The number of methoxy groups -OCH3 is 1. The van der Waals surface area contributed by atoms with Gasteiger partial charge in [-0.15, -0.1) is 0 Å². The summed E-state index contributed by atoms with van der Waals surface area (Å²) in [5.41, 5.74) is 4.83. The molecule has 7 nitrogen and oxygen atoms in total. The number of aromatic nitrogens is 2. The topological polar surface area (TPSA) is 71.8 Å². The van der Waals surface area contributed by atoms with Crippen LogP contribution in [0.2, 0.25) is 0 Å². The van der Waals surface area contributed by atoms with Crippen LogP contribution in [0, 0.1) is 5.41 Å². The summed E-state index contributed by atoms with van der Waals surface area (Å²) in [4.78, 5) is 16.8. The van der Waals surface area contributed by atoms with Crippen LogP contribution in [0.3, 0.4) is 0 Å². The molecule has 1 fully saturated rings. The Bertz CT molecular complexity index is 1430. The number of carbonyl (C=O) groups excluding carboxylic acids is 1. The van der Waals surface area contributed by atoms with E-state index in [4.69, 9.17) is 23.8 Å². The fourth-order valence-electron chi connectivity index (χ4n) is 6.04. The normalized spacial score (nSPS) is 21.6. The molecule has 3 heterocycles. The van der Waals surface area contributed by atoms with Gasteiger partial charge in [0.2, 0.25) is 0 Å². The molecule has 1 aliphatic heterocycles. The van der Waals surface area contributed by atoms with E-state index in [9.17, 15) is 4.79 Å². The number of esters is 1. The van der Waals surface area contributed by atoms with Gasteiger partial charge in [0.15, 0.2) is 0 Å². The zero-order valence-corrected chi connectivity index (χ0v) is 25.9. The van der Waals surface area contributed by atoms with Crippen LogP contribution in [0.4, 0.5) is 0 Å². The SMILES string of the molecule is CCn1c2c(c3cc(Br)ccc31)C(C(C)(C)COC(C)=O)[C@H](OC)c1ncc(B3OC(C)(C)C(C)(C)O3)cc1-2. The fraction of sp³-hybridized carbons (Fsp3) is 0.533. The summed E-state index contributed by atoms with van der Waals surface area (Å²) in [6, 6.07) is 8.57. The molecule has 1 unspecified atom stereocenters. The highest BCUT2D eigenvalue weighted by Gasteiger charge is 2.53. The van der Waals surface area contributed by atoms with Crippen LogP contribution in [0.1, 0.15) is 78.7 Å². The third-order valence-corrected chi connectivity index (χ3v) is 9.22. The molecular weight excluding hydrogens is 559 g/mol. The van der Waals surface area contributed by atoms with Gasteiger partial charge in [0.05, 0.1) is 29.2 Å². The van der Waals surface area contributed by atoms with Gasteiger partial charge in [0.25, 0.3) is 0 Å². The number of hydrogen-bond donors (Lipinski definition) is 0. The maximum Gasteiger partial charge on any atom is 0.496 e. The quantitative estimate of drug-likeness (QED) is 0.251. The molecule has 2 atom stereocenters. The van der Waals surface area contributed by atoms with Crippen molar-refractivity contribution in [2.24, 2.45) is 5.41 Å². The minimum atomic E-state index is -0.524. The number of fused-ring (bicyclic) bond motifs is 5. The van der Waals surface area contributed by atoms with Crippen LogP contribution in [0.5, 0.6) is 0 Å². The number of nitrogens with zero attached hydrogens (tertiary/aromatic N) is 2. The molecule has 9 heteroatoms. The van der Waals surface area contributed by atoms with Crippen molar-refractivity contribution in [3.05, 3.63) is 46.2 Å². The lowest BCUT2D eigenvalue weighted by atomic mass is 9.66. The Morgan fingerprint density at radius 3 is 2.44 bits per heavy atom. The van der Waals surface area contributed by atoms with Gasteiger partial charge < -0.3 is 23.3 Å². The Morgan fingerprint density at radius 2 is 1.85 bits per heavy atom. The average Bonchev–Trinajstić information content (AvgIpc) is 3.30. The number of pyridine rings is 1. The molecule has 0 spiro atoms. The third kappa shape index (κ3) is 4.55. The van der Waals surface area contributed by atoms with Crippen LogP contribution in [-0.4, -0.2) is 47.6 Å². The summed E-state index contributed by atoms with van der Waals surface area (Å²) in [6.45, 7) is 17.1. The van der Waals surface area contributed by atoms with Crippen LogP contribution in [0.25, 0.3) is 22.2 Å². The minimum Gasteiger partial charge on any atom is -0.465 e. The van der Waals surface area contributed by atoms with Gasteiger partial charge in [0.1, 0.15) is 6.10 Å². The molecule has 2 aliphatic rings. The van der Waals surface area contributed by atoms with E-state index in [1.54, 1.807) is 7.11 Å². The Morgan fingerprint density at radius 1 is 1.18 bits per heavy atom. The van der Waals surface area contributed by atoms with E-state index in [1.807, 2.05) is 6.20 Å². The van der Waals surface area contributed by atoms with E-state index in [0.717, 1.165) is 44.3 Å². The first-order chi connectivity index (χ1) is 18.2. The minimum absolute atomic E-state index is 0.121. The number of hydrogen-bond acceptors (Lipinski definition) is 6. The van der Waals surface area contributed by atoms with Crippen LogP contribution in [-0.2, 0) is 30.1 Å². The molecule has 3 aromatic rings. The first-order valence-corrected chi connectivity index (χ1v) is 14.4. The number of aryl methyl sites for hydroxylation is 1. The Hall–Kier alpha value is -2.20. The Balaban J connectivity index is 1.77. The predicted octanol–water partition coefficient (Wildman–Crippen LogP) is 6.16. The Labute approximate surface area is 239 Å². The summed E-state index contributed by atoms with van der Waals surface area (Å²) in [6.07, 6.45) is 1.50. The molecule has 208 valence electrons. The number of halogens is 1. The monoisotopic (exact) mass is 596 g/mol. The summed E-state index contributed by atoms with van der Waals surface area (Å²) < 4.78 is 28.0. The first-order valence-electron chi connectivity index (χ1n) is 13.6. The lowest BCUT2D eigenvalue weighted by molar-refractivity contribution is -0.145. The average molecular weight is 597 g/mol. The molecule has 0 bridgehead atoms. The molecular formula is C30H38BBrN2O5. The molecule has 1 aromatic carbocycles. The molecule has 0 amide bonds. The summed E-state index contributed by atoms with van der Waals surface area (Å²) >= 11 is 3.70. The second kappa shape index (κ2) is 9.72. The third-order valence-electron chi connectivity index (χ3n) is 8.73. The highest BCUT2D eigenvalue weighted by molar-refractivity contribution is 9.10. The second-order valence-corrected chi connectivity index (χ2v) is 13.3. The van der Waals surface area contributed by atoms with Crippen molar-refractivity contribution in [1.82, 2.24) is 9.55 Å². The first kappa shape index (κ1) is 28.3. The van der Waals surface area contributed by atoms with Crippen molar-refractivity contribution in [3.8, 4) is 11.3 Å². The van der Waals surface area contributed by atoms with Gasteiger partial charge in [-0.05, 0) is 64.4 Å². The van der Waals surface area contributed by atoms with Crippen molar-refractivity contribution in [2.75, 3.05) is 13.7 Å². The molecule has 5 rings (SSSR count). The molecule has 0 N–H and O–H groups in total. The van der Waals surface area contributed by atoms with E-state index in [-0.39, 0.29) is 24.6 Å². The van der Waals surface area contributed by atoms with E-state index in [1.165, 1.54) is 12.5 Å². The lowest BCUT2D eigenvalue weighted by Gasteiger charge is -2.42. The van der Waals surface area contributed by atoms with E-state index in [2.05, 4.69) is 93.2 Å². The van der Waals surface area contributed by atoms with E-state index >= 15 is 0 Å². The summed E-state index contributed by atoms with van der Waals surface area (Å²) in [5.74, 6) is -0.415. The predicted molar refractivity (Wildman–Crippen MR) is 157 cm³/mol. The van der Waals surface area contributed by atoms with Gasteiger partial charge >= 0.3 is 13.1 Å². The molecule has 39 heavy (non-hydrogen) atoms. The smallest absolute Gasteiger partial charge is 0.465 e. The van der Waals surface area contributed by atoms with Crippen molar-refractivity contribution >= 4 is 45.4 Å². The van der Waals surface area contributed by atoms with E-state index < -0.39 is 23.7 Å². The van der Waals surface area contributed by atoms with Gasteiger partial charge in [-0.25, -0.2) is 0 Å². The van der Waals surface area contributed by atoms with Crippen molar-refractivity contribution in [1.29, 1.82) is 0 Å². The molecule has 1 aliphatic carbocycles. The standard InChI is InChI=1S/C30H38BBrN2O5/c1-10-34-22-12-11-19(32)14-20(22)23-24(28(3,4)16-37-17(2)35)27(36-9)25-21(26(23)34)13-18(15-33-25)31-38-29(5,6)30(7,8)39-31/h11-15,24,27H,10,16H2,1-9H3/t24?,27-/m0/s1. The van der Waals surface area contributed by atoms with E-state index in [0.29, 0.717) is 0 Å². The van der Waals surface area contributed by atoms with Crippen molar-refractivity contribution in [2.45, 2.75) is 85.2 Å². The van der Waals surface area contributed by atoms with Crippen molar-refractivity contribution in [3.63, 3.8) is 0 Å². The fourth-order valence-corrected chi connectivity index (χ4v) is 6.40. The summed E-state index contributed by atoms with van der Waals surface area (Å²) in [7, 11) is 1.21. The zero-order valence-electron chi connectivity index (χ0n) is 24.3. The molecule has 1 saturated heterocycles. The van der Waals surface area contributed by atoms with Crippen LogP contribution in [0.15, 0.2) is 34.9 Å². The zero-order chi connectivity index (χ0) is 28.5.